The van der Waals surface area contributed by atoms with E-state index in [0.29, 0.717) is 5.92 Å². The first kappa shape index (κ1) is 4.80. The summed E-state index contributed by atoms with van der Waals surface area (Å²) < 4.78 is 0. The molecule has 0 radical (unpaired) electrons. The molecule has 2 aliphatic carbocycles. The molecule has 0 bridgehead atoms. The van der Waals surface area contributed by atoms with E-state index >= 15 is 0 Å². The Bertz CT molecular complexity index is 109. The zero-order chi connectivity index (χ0) is 5.72. The minimum atomic E-state index is 0.0648. The van der Waals surface area contributed by atoms with Crippen molar-refractivity contribution in [3.8, 4) is 0 Å². The third-order valence-electron chi connectivity index (χ3n) is 2.88. The van der Waals surface area contributed by atoms with Gasteiger partial charge in [0.15, 0.2) is 0 Å². The van der Waals surface area contributed by atoms with Crippen LogP contribution in [0.25, 0.3) is 0 Å². The van der Waals surface area contributed by atoms with Crippen molar-refractivity contribution < 1.29 is 5.11 Å². The number of aliphatic hydroxyl groups is 1. The molecule has 0 heterocycles. The fourth-order valence-corrected chi connectivity index (χ4v) is 2.23. The molecule has 0 aromatic heterocycles. The first-order valence-corrected chi connectivity index (χ1v) is 3.49. The number of hydrogen-bond donors (Lipinski definition) is 1. The van der Waals surface area contributed by atoms with E-state index in [9.17, 15) is 5.11 Å². The van der Waals surface area contributed by atoms with Crippen molar-refractivity contribution in [1.82, 2.24) is 0 Å². The first-order valence-electron chi connectivity index (χ1n) is 3.49. The van der Waals surface area contributed by atoms with E-state index in [4.69, 9.17) is 0 Å². The van der Waals surface area contributed by atoms with Crippen molar-refractivity contribution in [3.05, 3.63) is 0 Å². The van der Waals surface area contributed by atoms with Gasteiger partial charge in [-0.15, -0.1) is 0 Å². The zero-order valence-corrected chi connectivity index (χ0v) is 5.17. The molecule has 46 valence electrons. The van der Waals surface area contributed by atoms with Crippen LogP contribution < -0.4 is 0 Å². The van der Waals surface area contributed by atoms with E-state index in [0.717, 1.165) is 18.3 Å². The smallest absolute Gasteiger partial charge is 0.0573 e. The molecule has 2 saturated carbocycles. The molecule has 4 atom stereocenters. The molecule has 2 aliphatic rings. The fourth-order valence-electron chi connectivity index (χ4n) is 2.23. The standard InChI is InChI=1S/C7H12O/c1-4-5-2-3-6(8)7(4)5/h4-8H,2-3H2,1H3/t4?,5-,6+,7+/m0/s1. The molecule has 1 N–H and O–H groups in total. The third kappa shape index (κ3) is 0.408. The van der Waals surface area contributed by atoms with Gasteiger partial charge in [-0.1, -0.05) is 6.92 Å². The topological polar surface area (TPSA) is 20.2 Å². The minimum Gasteiger partial charge on any atom is -0.393 e. The van der Waals surface area contributed by atoms with Crippen LogP contribution in [0.1, 0.15) is 19.8 Å². The molecule has 0 aliphatic heterocycles. The van der Waals surface area contributed by atoms with Gasteiger partial charge >= 0.3 is 0 Å². The lowest BCUT2D eigenvalue weighted by Gasteiger charge is -2.01. The van der Waals surface area contributed by atoms with E-state index in [1.807, 2.05) is 0 Å². The lowest BCUT2D eigenvalue weighted by molar-refractivity contribution is 0.152. The Balaban J connectivity index is 2.07. The van der Waals surface area contributed by atoms with Gasteiger partial charge in [-0.2, -0.15) is 0 Å². The second-order valence-corrected chi connectivity index (χ2v) is 3.25. The summed E-state index contributed by atoms with van der Waals surface area (Å²) >= 11 is 0. The minimum absolute atomic E-state index is 0.0648. The van der Waals surface area contributed by atoms with Crippen molar-refractivity contribution in [1.29, 1.82) is 0 Å². The fraction of sp³-hybridized carbons (Fsp3) is 1.00. The van der Waals surface area contributed by atoms with Crippen LogP contribution >= 0.6 is 0 Å². The molecule has 0 aromatic rings. The quantitative estimate of drug-likeness (QED) is 0.496. The van der Waals surface area contributed by atoms with Gasteiger partial charge in [-0.25, -0.2) is 0 Å². The van der Waals surface area contributed by atoms with Crippen LogP contribution in [0, 0.1) is 17.8 Å². The molecular formula is C7H12O. The molecule has 1 unspecified atom stereocenters. The van der Waals surface area contributed by atoms with Crippen molar-refractivity contribution in [2.45, 2.75) is 25.9 Å². The maximum absolute atomic E-state index is 9.21. The predicted molar refractivity (Wildman–Crippen MR) is 31.4 cm³/mol. The van der Waals surface area contributed by atoms with Gasteiger partial charge in [0, 0.05) is 0 Å². The highest BCUT2D eigenvalue weighted by molar-refractivity contribution is 5.03. The van der Waals surface area contributed by atoms with Gasteiger partial charge in [-0.3, -0.25) is 0 Å². The summed E-state index contributed by atoms with van der Waals surface area (Å²) in [5.41, 5.74) is 0. The van der Waals surface area contributed by atoms with Gasteiger partial charge < -0.3 is 5.11 Å². The van der Waals surface area contributed by atoms with E-state index in [2.05, 4.69) is 6.92 Å². The summed E-state index contributed by atoms with van der Waals surface area (Å²) in [4.78, 5) is 0. The highest BCUT2D eigenvalue weighted by Gasteiger charge is 2.54. The SMILES string of the molecule is CC1[C@H]2[C@H](O)CC[C@@H]12. The third-order valence-corrected chi connectivity index (χ3v) is 2.88. The second-order valence-electron chi connectivity index (χ2n) is 3.25. The maximum atomic E-state index is 9.21. The van der Waals surface area contributed by atoms with Crippen LogP contribution in [0.4, 0.5) is 0 Å². The Hall–Kier alpha value is -0.0400. The second kappa shape index (κ2) is 1.27. The summed E-state index contributed by atoms with van der Waals surface area (Å²) in [7, 11) is 0. The largest absolute Gasteiger partial charge is 0.393 e. The molecule has 8 heavy (non-hydrogen) atoms. The summed E-state index contributed by atoms with van der Waals surface area (Å²) in [5, 5.41) is 9.21. The monoisotopic (exact) mass is 112 g/mol. The van der Waals surface area contributed by atoms with Crippen LogP contribution in [-0.2, 0) is 0 Å². The van der Waals surface area contributed by atoms with Crippen molar-refractivity contribution in [2.24, 2.45) is 17.8 Å². The average Bonchev–Trinajstić information content (AvgIpc) is 2.13. The Morgan fingerprint density at radius 2 is 2.12 bits per heavy atom. The highest BCUT2D eigenvalue weighted by atomic mass is 16.3. The number of hydrogen-bond acceptors (Lipinski definition) is 1. The molecule has 0 spiro atoms. The highest BCUT2D eigenvalue weighted by Crippen LogP contribution is 2.56. The Kier molecular flexibility index (Phi) is 0.762. The van der Waals surface area contributed by atoms with Crippen LogP contribution in [0.2, 0.25) is 0 Å². The van der Waals surface area contributed by atoms with Gasteiger partial charge in [0.25, 0.3) is 0 Å². The lowest BCUT2D eigenvalue weighted by Crippen LogP contribution is -2.05. The number of fused-ring (bicyclic) bond motifs is 1. The van der Waals surface area contributed by atoms with Crippen LogP contribution in [-0.4, -0.2) is 11.2 Å². The van der Waals surface area contributed by atoms with Crippen molar-refractivity contribution >= 4 is 0 Å². The van der Waals surface area contributed by atoms with E-state index in [1.54, 1.807) is 0 Å². The van der Waals surface area contributed by atoms with Crippen molar-refractivity contribution in [3.63, 3.8) is 0 Å². The molecular weight excluding hydrogens is 100 g/mol. The van der Waals surface area contributed by atoms with Crippen LogP contribution in [0.3, 0.4) is 0 Å². The maximum Gasteiger partial charge on any atom is 0.0573 e. The normalized spacial score (nSPS) is 60.8. The molecule has 2 rings (SSSR count). The zero-order valence-electron chi connectivity index (χ0n) is 5.17. The van der Waals surface area contributed by atoms with E-state index in [-0.39, 0.29) is 6.10 Å². The molecule has 0 aromatic carbocycles. The van der Waals surface area contributed by atoms with E-state index in [1.165, 1.54) is 6.42 Å². The van der Waals surface area contributed by atoms with Gasteiger partial charge in [0.1, 0.15) is 0 Å². The molecule has 1 heteroatoms. The molecule has 2 fully saturated rings. The van der Waals surface area contributed by atoms with Crippen LogP contribution in [0.5, 0.6) is 0 Å². The number of rotatable bonds is 0. The Morgan fingerprint density at radius 3 is 2.38 bits per heavy atom. The van der Waals surface area contributed by atoms with Gasteiger partial charge in [0.05, 0.1) is 6.10 Å². The number of aliphatic hydroxyl groups excluding tert-OH is 1. The summed E-state index contributed by atoms with van der Waals surface area (Å²) in [6.45, 7) is 2.25. The lowest BCUT2D eigenvalue weighted by atomic mass is 10.1. The Morgan fingerprint density at radius 1 is 1.38 bits per heavy atom. The Labute approximate surface area is 49.7 Å². The van der Waals surface area contributed by atoms with E-state index < -0.39 is 0 Å². The summed E-state index contributed by atoms with van der Waals surface area (Å²) in [6, 6.07) is 0. The summed E-state index contributed by atoms with van der Waals surface area (Å²) in [5.74, 6) is 2.46. The molecule has 1 nitrogen and oxygen atoms in total. The summed E-state index contributed by atoms with van der Waals surface area (Å²) in [6.07, 6.45) is 2.42. The van der Waals surface area contributed by atoms with Crippen LogP contribution in [0.15, 0.2) is 0 Å². The first-order chi connectivity index (χ1) is 3.80. The predicted octanol–water partition coefficient (Wildman–Crippen LogP) is 1.02. The average molecular weight is 112 g/mol. The van der Waals surface area contributed by atoms with Gasteiger partial charge in [-0.05, 0) is 30.6 Å². The van der Waals surface area contributed by atoms with Crippen molar-refractivity contribution in [2.75, 3.05) is 0 Å². The molecule has 0 saturated heterocycles. The van der Waals surface area contributed by atoms with Gasteiger partial charge in [0.2, 0.25) is 0 Å². The molecule has 0 amide bonds.